The Kier molecular flexibility index (Phi) is 4.64. The molecule has 2 amide bonds. The number of unbranched alkanes of at least 4 members (excludes halogenated alkanes) is 2. The zero-order valence-corrected chi connectivity index (χ0v) is 9.18. The van der Waals surface area contributed by atoms with Crippen LogP contribution in [-0.2, 0) is 9.59 Å². The number of thiocarbonyl (C=S) groups is 1. The van der Waals surface area contributed by atoms with Gasteiger partial charge in [0.1, 0.15) is 6.42 Å². The van der Waals surface area contributed by atoms with Gasteiger partial charge in [-0.3, -0.25) is 14.5 Å². The van der Waals surface area contributed by atoms with E-state index in [2.05, 4.69) is 5.32 Å². The van der Waals surface area contributed by atoms with Crippen LogP contribution in [0, 0.1) is 0 Å². The SMILES string of the molecule is O=C1CC(=O)N(CCCCCO)C(=S)N1. The van der Waals surface area contributed by atoms with Gasteiger partial charge in [0, 0.05) is 13.2 Å². The van der Waals surface area contributed by atoms with Crippen molar-refractivity contribution in [3.8, 4) is 0 Å². The standard InChI is InChI=1S/C9H14N2O3S/c12-5-3-1-2-4-11-8(14)6-7(13)10-9(11)15/h12H,1-6H2,(H,10,13,15). The number of aliphatic hydroxyl groups excluding tert-OH is 1. The monoisotopic (exact) mass is 230 g/mol. The number of rotatable bonds is 5. The minimum atomic E-state index is -0.336. The second-order valence-electron chi connectivity index (χ2n) is 3.36. The fourth-order valence-electron chi connectivity index (χ4n) is 1.36. The second-order valence-corrected chi connectivity index (χ2v) is 3.75. The molecule has 2 N–H and O–H groups in total. The Morgan fingerprint density at radius 2 is 2.07 bits per heavy atom. The molecule has 1 rings (SSSR count). The van der Waals surface area contributed by atoms with Crippen LogP contribution in [0.4, 0.5) is 0 Å². The summed E-state index contributed by atoms with van der Waals surface area (Å²) < 4.78 is 0. The molecule has 84 valence electrons. The highest BCUT2D eigenvalue weighted by atomic mass is 32.1. The maximum Gasteiger partial charge on any atom is 0.238 e. The largest absolute Gasteiger partial charge is 0.396 e. The van der Waals surface area contributed by atoms with Crippen LogP contribution in [0.25, 0.3) is 0 Å². The molecule has 1 saturated heterocycles. The smallest absolute Gasteiger partial charge is 0.238 e. The van der Waals surface area contributed by atoms with Crippen molar-refractivity contribution in [2.45, 2.75) is 25.7 Å². The summed E-state index contributed by atoms with van der Waals surface area (Å²) in [6.07, 6.45) is 2.22. The van der Waals surface area contributed by atoms with Gasteiger partial charge in [-0.1, -0.05) is 0 Å². The number of aliphatic hydroxyl groups is 1. The zero-order valence-electron chi connectivity index (χ0n) is 8.36. The van der Waals surface area contributed by atoms with Gasteiger partial charge < -0.3 is 10.4 Å². The molecule has 0 aliphatic carbocycles. The molecule has 15 heavy (non-hydrogen) atoms. The molecule has 0 aromatic heterocycles. The first kappa shape index (κ1) is 12.1. The summed E-state index contributed by atoms with van der Waals surface area (Å²) in [5, 5.41) is 11.2. The third kappa shape index (κ3) is 3.56. The lowest BCUT2D eigenvalue weighted by molar-refractivity contribution is -0.134. The molecule has 1 heterocycles. The van der Waals surface area contributed by atoms with Crippen molar-refractivity contribution in [1.82, 2.24) is 10.2 Å². The van der Waals surface area contributed by atoms with Gasteiger partial charge in [0.2, 0.25) is 11.8 Å². The van der Waals surface area contributed by atoms with Gasteiger partial charge in [-0.2, -0.15) is 0 Å². The van der Waals surface area contributed by atoms with Crippen molar-refractivity contribution in [3.63, 3.8) is 0 Å². The molecule has 1 fully saturated rings. The molecule has 0 spiro atoms. The number of carbonyl (C=O) groups is 2. The van der Waals surface area contributed by atoms with E-state index in [1.165, 1.54) is 4.90 Å². The molecule has 0 unspecified atom stereocenters. The highest BCUT2D eigenvalue weighted by Crippen LogP contribution is 2.06. The van der Waals surface area contributed by atoms with E-state index in [-0.39, 0.29) is 30.0 Å². The van der Waals surface area contributed by atoms with E-state index in [0.717, 1.165) is 19.3 Å². The fraction of sp³-hybridized carbons (Fsp3) is 0.667. The fourth-order valence-corrected chi connectivity index (χ4v) is 1.67. The number of nitrogens with one attached hydrogen (secondary N) is 1. The molecule has 1 aliphatic rings. The number of amides is 2. The first-order valence-electron chi connectivity index (χ1n) is 4.90. The van der Waals surface area contributed by atoms with Crippen LogP contribution >= 0.6 is 12.2 Å². The van der Waals surface area contributed by atoms with Gasteiger partial charge in [0.15, 0.2) is 5.11 Å². The lowest BCUT2D eigenvalue weighted by atomic mass is 10.2. The van der Waals surface area contributed by atoms with Crippen molar-refractivity contribution in [2.75, 3.05) is 13.2 Å². The molecule has 1 aliphatic heterocycles. The van der Waals surface area contributed by atoms with E-state index in [0.29, 0.717) is 6.54 Å². The minimum Gasteiger partial charge on any atom is -0.396 e. The van der Waals surface area contributed by atoms with E-state index < -0.39 is 0 Å². The van der Waals surface area contributed by atoms with Crippen molar-refractivity contribution in [1.29, 1.82) is 0 Å². The third-order valence-corrected chi connectivity index (χ3v) is 2.47. The summed E-state index contributed by atoms with van der Waals surface area (Å²) in [6, 6.07) is 0. The molecule has 5 nitrogen and oxygen atoms in total. The van der Waals surface area contributed by atoms with Crippen molar-refractivity contribution in [3.05, 3.63) is 0 Å². The summed E-state index contributed by atoms with van der Waals surface area (Å²) in [4.78, 5) is 23.7. The number of carbonyl (C=O) groups excluding carboxylic acids is 2. The highest BCUT2D eigenvalue weighted by molar-refractivity contribution is 7.80. The van der Waals surface area contributed by atoms with E-state index in [1.807, 2.05) is 0 Å². The average molecular weight is 230 g/mol. The second kappa shape index (κ2) is 5.77. The van der Waals surface area contributed by atoms with Crippen LogP contribution in [-0.4, -0.2) is 40.1 Å². The van der Waals surface area contributed by atoms with Gasteiger partial charge in [-0.15, -0.1) is 0 Å². The molecular weight excluding hydrogens is 216 g/mol. The Labute approximate surface area is 93.4 Å². The van der Waals surface area contributed by atoms with Crippen molar-refractivity contribution < 1.29 is 14.7 Å². The number of hydrogen-bond donors (Lipinski definition) is 2. The van der Waals surface area contributed by atoms with E-state index in [9.17, 15) is 9.59 Å². The molecule has 0 saturated carbocycles. The lowest BCUT2D eigenvalue weighted by Crippen LogP contribution is -2.52. The van der Waals surface area contributed by atoms with E-state index in [1.54, 1.807) is 0 Å². The quantitative estimate of drug-likeness (QED) is 0.389. The van der Waals surface area contributed by atoms with Gasteiger partial charge >= 0.3 is 0 Å². The molecule has 0 radical (unpaired) electrons. The average Bonchev–Trinajstić information content (AvgIpc) is 2.15. The van der Waals surface area contributed by atoms with E-state index >= 15 is 0 Å². The first-order valence-corrected chi connectivity index (χ1v) is 5.31. The van der Waals surface area contributed by atoms with Gasteiger partial charge in [0.05, 0.1) is 0 Å². The summed E-state index contributed by atoms with van der Waals surface area (Å²) in [7, 11) is 0. The van der Waals surface area contributed by atoms with Gasteiger partial charge in [0.25, 0.3) is 0 Å². The van der Waals surface area contributed by atoms with Crippen LogP contribution in [0.15, 0.2) is 0 Å². The van der Waals surface area contributed by atoms with Gasteiger partial charge in [-0.05, 0) is 31.5 Å². The Morgan fingerprint density at radius 1 is 1.33 bits per heavy atom. The normalized spacial score (nSPS) is 16.9. The summed E-state index contributed by atoms with van der Waals surface area (Å²) >= 11 is 4.88. The molecule has 0 bridgehead atoms. The highest BCUT2D eigenvalue weighted by Gasteiger charge is 2.27. The molecule has 0 aromatic carbocycles. The van der Waals surface area contributed by atoms with Gasteiger partial charge in [-0.25, -0.2) is 0 Å². The van der Waals surface area contributed by atoms with Crippen molar-refractivity contribution >= 4 is 29.1 Å². The zero-order chi connectivity index (χ0) is 11.3. The van der Waals surface area contributed by atoms with Crippen molar-refractivity contribution in [2.24, 2.45) is 0 Å². The van der Waals surface area contributed by atoms with E-state index in [4.69, 9.17) is 17.3 Å². The lowest BCUT2D eigenvalue weighted by Gasteiger charge is -2.27. The van der Waals surface area contributed by atoms with Crippen LogP contribution in [0.5, 0.6) is 0 Å². The maximum absolute atomic E-state index is 11.4. The summed E-state index contributed by atoms with van der Waals surface area (Å²) in [6.45, 7) is 0.674. The Bertz CT molecular complexity index is 261. The van der Waals surface area contributed by atoms with Crippen LogP contribution in [0.2, 0.25) is 0 Å². The predicted molar refractivity (Wildman–Crippen MR) is 58.0 cm³/mol. The molecule has 0 atom stereocenters. The Morgan fingerprint density at radius 3 is 2.67 bits per heavy atom. The molecule has 0 aromatic rings. The molecule has 6 heteroatoms. The Hall–Kier alpha value is -1.01. The Balaban J connectivity index is 2.36. The summed E-state index contributed by atoms with van der Waals surface area (Å²) in [5.41, 5.74) is 0. The first-order chi connectivity index (χ1) is 7.15. The van der Waals surface area contributed by atoms with Crippen LogP contribution in [0.3, 0.4) is 0 Å². The predicted octanol–water partition coefficient (Wildman–Crippen LogP) is -0.218. The number of hydrogen-bond acceptors (Lipinski definition) is 4. The number of nitrogens with zero attached hydrogens (tertiary/aromatic N) is 1. The van der Waals surface area contributed by atoms with Crippen LogP contribution in [0.1, 0.15) is 25.7 Å². The molecular formula is C9H14N2O3S. The minimum absolute atomic E-state index is 0.125. The summed E-state index contributed by atoms with van der Waals surface area (Å²) in [5.74, 6) is -0.579. The topological polar surface area (TPSA) is 69.6 Å². The van der Waals surface area contributed by atoms with Crippen LogP contribution < -0.4 is 5.32 Å². The third-order valence-electron chi connectivity index (χ3n) is 2.14. The maximum atomic E-state index is 11.4.